The van der Waals surface area contributed by atoms with E-state index in [0.29, 0.717) is 0 Å². The Morgan fingerprint density at radius 1 is 1.39 bits per heavy atom. The molecule has 0 aliphatic rings. The zero-order chi connectivity index (χ0) is 12.7. The summed E-state index contributed by atoms with van der Waals surface area (Å²) in [5.41, 5.74) is 2.07. The fourth-order valence-corrected chi connectivity index (χ4v) is 3.46. The van der Waals surface area contributed by atoms with Crippen molar-refractivity contribution in [1.29, 1.82) is 0 Å². The molecule has 18 heavy (non-hydrogen) atoms. The van der Waals surface area contributed by atoms with Gasteiger partial charge in [-0.15, -0.1) is 11.3 Å². The number of halogens is 1. The van der Waals surface area contributed by atoms with E-state index in [9.17, 15) is 0 Å². The lowest BCUT2D eigenvalue weighted by Gasteiger charge is -2.12. The summed E-state index contributed by atoms with van der Waals surface area (Å²) in [5, 5.41) is 2.80. The molecule has 0 amide bonds. The molecule has 0 saturated heterocycles. The van der Waals surface area contributed by atoms with Gasteiger partial charge in [0.2, 0.25) is 0 Å². The van der Waals surface area contributed by atoms with Gasteiger partial charge in [-0.3, -0.25) is 0 Å². The summed E-state index contributed by atoms with van der Waals surface area (Å²) in [6.45, 7) is 2.16. The molecule has 3 rings (SSSR count). The molecule has 1 aromatic carbocycles. The zero-order valence-corrected chi connectivity index (χ0v) is 12.1. The number of rotatable bonds is 2. The monoisotopic (exact) mass is 294 g/mol. The molecule has 2 aromatic heterocycles. The minimum atomic E-state index is 0.229. The van der Waals surface area contributed by atoms with E-state index < -0.39 is 0 Å². The highest BCUT2D eigenvalue weighted by Gasteiger charge is 2.13. The van der Waals surface area contributed by atoms with Crippen LogP contribution in [0.2, 0.25) is 5.02 Å². The van der Waals surface area contributed by atoms with Crippen molar-refractivity contribution in [2.24, 2.45) is 0 Å². The third-order valence-corrected chi connectivity index (χ3v) is 4.60. The standard InChI is InChI=1S/C13H11ClN2S2/c1-8(12-3-2-6-18-12)16-11-5-4-9(14)7-10(11)15-13(16)17/h2-8H,1H3,(H,15,17). The van der Waals surface area contributed by atoms with Crippen LogP contribution in [0.4, 0.5) is 0 Å². The topological polar surface area (TPSA) is 20.7 Å². The number of H-pyrrole nitrogens is 1. The van der Waals surface area contributed by atoms with Crippen molar-refractivity contribution in [3.05, 3.63) is 50.4 Å². The molecule has 0 spiro atoms. The van der Waals surface area contributed by atoms with Crippen LogP contribution in [-0.2, 0) is 0 Å². The van der Waals surface area contributed by atoms with E-state index in [1.54, 1.807) is 11.3 Å². The van der Waals surface area contributed by atoms with Crippen molar-refractivity contribution in [3.8, 4) is 0 Å². The smallest absolute Gasteiger partial charge is 0.178 e. The van der Waals surface area contributed by atoms with E-state index in [4.69, 9.17) is 23.8 Å². The molecule has 2 nitrogen and oxygen atoms in total. The van der Waals surface area contributed by atoms with Gasteiger partial charge < -0.3 is 9.55 Å². The largest absolute Gasteiger partial charge is 0.331 e. The Morgan fingerprint density at radius 2 is 2.22 bits per heavy atom. The van der Waals surface area contributed by atoms with Crippen LogP contribution in [0.5, 0.6) is 0 Å². The lowest BCUT2D eigenvalue weighted by molar-refractivity contribution is 0.661. The number of fused-ring (bicyclic) bond motifs is 1. The van der Waals surface area contributed by atoms with Crippen LogP contribution in [0.25, 0.3) is 11.0 Å². The third kappa shape index (κ3) is 1.90. The van der Waals surface area contributed by atoms with Crippen LogP contribution in [0.3, 0.4) is 0 Å². The highest BCUT2D eigenvalue weighted by molar-refractivity contribution is 7.71. The third-order valence-electron chi connectivity index (χ3n) is 3.02. The molecule has 2 heterocycles. The van der Waals surface area contributed by atoms with Gasteiger partial charge in [-0.25, -0.2) is 0 Å². The maximum absolute atomic E-state index is 6.00. The fourth-order valence-electron chi connectivity index (χ4n) is 2.14. The van der Waals surface area contributed by atoms with Gasteiger partial charge in [-0.2, -0.15) is 0 Å². The second-order valence-corrected chi connectivity index (χ2v) is 5.96. The number of hydrogen-bond acceptors (Lipinski definition) is 2. The highest BCUT2D eigenvalue weighted by Crippen LogP contribution is 2.28. The Kier molecular flexibility index (Phi) is 3.01. The lowest BCUT2D eigenvalue weighted by Crippen LogP contribution is -2.04. The number of hydrogen-bond donors (Lipinski definition) is 1. The molecule has 5 heteroatoms. The Bertz CT molecular complexity index is 740. The summed E-state index contributed by atoms with van der Waals surface area (Å²) < 4.78 is 2.86. The molecule has 0 radical (unpaired) electrons. The van der Waals surface area contributed by atoms with E-state index >= 15 is 0 Å². The summed E-state index contributed by atoms with van der Waals surface area (Å²) in [6, 6.07) is 10.2. The van der Waals surface area contributed by atoms with Crippen LogP contribution in [0.1, 0.15) is 17.8 Å². The molecule has 0 aliphatic carbocycles. The second kappa shape index (κ2) is 4.53. The molecule has 1 atom stereocenters. The van der Waals surface area contributed by atoms with Crippen molar-refractivity contribution >= 4 is 46.2 Å². The lowest BCUT2D eigenvalue weighted by atomic mass is 10.2. The van der Waals surface area contributed by atoms with Crippen LogP contribution in [0.15, 0.2) is 35.7 Å². The Morgan fingerprint density at radius 3 is 2.94 bits per heavy atom. The summed E-state index contributed by atoms with van der Waals surface area (Å²) in [6.07, 6.45) is 0. The molecule has 92 valence electrons. The van der Waals surface area contributed by atoms with Gasteiger partial charge in [-0.1, -0.05) is 17.7 Å². The maximum Gasteiger partial charge on any atom is 0.178 e. The second-order valence-electron chi connectivity index (χ2n) is 4.15. The maximum atomic E-state index is 6.00. The summed E-state index contributed by atoms with van der Waals surface area (Å²) in [7, 11) is 0. The number of imidazole rings is 1. The Balaban J connectivity index is 2.23. The van der Waals surface area contributed by atoms with Gasteiger partial charge in [0.05, 0.1) is 17.1 Å². The number of thiophene rings is 1. The van der Waals surface area contributed by atoms with E-state index in [1.165, 1.54) is 4.88 Å². The van der Waals surface area contributed by atoms with Crippen LogP contribution in [0, 0.1) is 4.77 Å². The van der Waals surface area contributed by atoms with Gasteiger partial charge in [0.25, 0.3) is 0 Å². The van der Waals surface area contributed by atoms with Crippen molar-refractivity contribution in [1.82, 2.24) is 9.55 Å². The van der Waals surface area contributed by atoms with Crippen molar-refractivity contribution < 1.29 is 0 Å². The van der Waals surface area contributed by atoms with E-state index in [2.05, 4.69) is 34.0 Å². The molecule has 1 unspecified atom stereocenters. The summed E-state index contributed by atoms with van der Waals surface area (Å²) in [5.74, 6) is 0. The van der Waals surface area contributed by atoms with Crippen LogP contribution < -0.4 is 0 Å². The normalized spacial score (nSPS) is 13.0. The molecule has 3 aromatic rings. The minimum absolute atomic E-state index is 0.229. The summed E-state index contributed by atoms with van der Waals surface area (Å²) in [4.78, 5) is 4.50. The predicted molar refractivity (Wildman–Crippen MR) is 80.3 cm³/mol. The molecule has 0 aliphatic heterocycles. The molecule has 0 saturated carbocycles. The highest BCUT2D eigenvalue weighted by atomic mass is 35.5. The van der Waals surface area contributed by atoms with Gasteiger partial charge in [0, 0.05) is 9.90 Å². The molecule has 0 bridgehead atoms. The van der Waals surface area contributed by atoms with Crippen LogP contribution in [-0.4, -0.2) is 9.55 Å². The first-order valence-corrected chi connectivity index (χ1v) is 7.26. The van der Waals surface area contributed by atoms with Crippen molar-refractivity contribution in [3.63, 3.8) is 0 Å². The Labute approximate surface area is 119 Å². The number of benzene rings is 1. The Hall–Kier alpha value is -1.10. The average molecular weight is 295 g/mol. The van der Waals surface area contributed by atoms with Crippen molar-refractivity contribution in [2.75, 3.05) is 0 Å². The average Bonchev–Trinajstić information content (AvgIpc) is 2.94. The van der Waals surface area contributed by atoms with Crippen molar-refractivity contribution in [2.45, 2.75) is 13.0 Å². The summed E-state index contributed by atoms with van der Waals surface area (Å²) >= 11 is 13.2. The number of aromatic amines is 1. The first-order valence-electron chi connectivity index (χ1n) is 5.60. The zero-order valence-electron chi connectivity index (χ0n) is 9.68. The van der Waals surface area contributed by atoms with Gasteiger partial charge in [0.15, 0.2) is 4.77 Å². The number of aromatic nitrogens is 2. The van der Waals surface area contributed by atoms with Crippen LogP contribution >= 0.6 is 35.2 Å². The van der Waals surface area contributed by atoms with E-state index in [-0.39, 0.29) is 6.04 Å². The first kappa shape index (κ1) is 12.0. The van der Waals surface area contributed by atoms with Gasteiger partial charge in [-0.05, 0) is 48.8 Å². The fraction of sp³-hybridized carbons (Fsp3) is 0.154. The SMILES string of the molecule is CC(c1cccs1)n1c(=S)[nH]c2cc(Cl)ccc21. The quantitative estimate of drug-likeness (QED) is 0.658. The molecule has 0 fully saturated rings. The number of nitrogens with zero attached hydrogens (tertiary/aromatic N) is 1. The first-order chi connectivity index (χ1) is 8.66. The predicted octanol–water partition coefficient (Wildman–Crippen LogP) is 5.02. The number of nitrogens with one attached hydrogen (secondary N) is 1. The van der Waals surface area contributed by atoms with E-state index in [0.717, 1.165) is 20.8 Å². The van der Waals surface area contributed by atoms with E-state index in [1.807, 2.05) is 18.2 Å². The molecular formula is C13H11ClN2S2. The van der Waals surface area contributed by atoms with Gasteiger partial charge >= 0.3 is 0 Å². The molecular weight excluding hydrogens is 284 g/mol. The van der Waals surface area contributed by atoms with Gasteiger partial charge in [0.1, 0.15) is 0 Å². The minimum Gasteiger partial charge on any atom is -0.331 e. The molecule has 1 N–H and O–H groups in total.